The summed E-state index contributed by atoms with van der Waals surface area (Å²) in [4.78, 5) is 20.1. The van der Waals surface area contributed by atoms with Crippen LogP contribution in [0.1, 0.15) is 26.2 Å². The first-order chi connectivity index (χ1) is 10.9. The number of nitrogens with one attached hydrogen (secondary N) is 2. The van der Waals surface area contributed by atoms with Crippen molar-refractivity contribution < 1.29 is 4.79 Å². The van der Waals surface area contributed by atoms with E-state index in [2.05, 4.69) is 44.1 Å². The number of carbonyl (C=O) groups is 1. The number of guanidine groups is 1. The lowest BCUT2D eigenvalue weighted by Crippen LogP contribution is -2.64. The van der Waals surface area contributed by atoms with Crippen molar-refractivity contribution in [1.29, 1.82) is 5.41 Å². The molecule has 0 aromatic carbocycles. The summed E-state index contributed by atoms with van der Waals surface area (Å²) >= 11 is 3.47. The molecule has 2 aliphatic heterocycles. The minimum atomic E-state index is -0.362. The van der Waals surface area contributed by atoms with E-state index in [4.69, 9.17) is 5.41 Å². The summed E-state index contributed by atoms with van der Waals surface area (Å²) in [7, 11) is 1.65. The van der Waals surface area contributed by atoms with Crippen LogP contribution in [0.2, 0.25) is 0 Å². The molecule has 0 radical (unpaired) electrons. The average molecular weight is 380 g/mol. The van der Waals surface area contributed by atoms with Gasteiger partial charge in [-0.15, -0.1) is 0 Å². The van der Waals surface area contributed by atoms with Gasteiger partial charge in [-0.05, 0) is 47.7 Å². The van der Waals surface area contributed by atoms with Crippen LogP contribution in [0.3, 0.4) is 0 Å². The highest BCUT2D eigenvalue weighted by molar-refractivity contribution is 9.10. The molecule has 0 saturated carbocycles. The quantitative estimate of drug-likeness (QED) is 0.825. The fourth-order valence-corrected chi connectivity index (χ4v) is 3.86. The Morgan fingerprint density at radius 1 is 1.48 bits per heavy atom. The van der Waals surface area contributed by atoms with E-state index in [0.29, 0.717) is 12.3 Å². The minimum absolute atomic E-state index is 0.0116. The summed E-state index contributed by atoms with van der Waals surface area (Å²) in [6.45, 7) is 3.93. The number of pyridine rings is 1. The van der Waals surface area contributed by atoms with Crippen molar-refractivity contribution in [3.05, 3.63) is 22.9 Å². The van der Waals surface area contributed by atoms with Crippen LogP contribution in [0.15, 0.2) is 22.9 Å². The number of amides is 1. The van der Waals surface area contributed by atoms with Gasteiger partial charge in [0.1, 0.15) is 0 Å². The zero-order valence-electron chi connectivity index (χ0n) is 13.5. The molecule has 2 atom stereocenters. The van der Waals surface area contributed by atoms with Gasteiger partial charge >= 0.3 is 0 Å². The molecular formula is C16H22BrN5O. The number of nitrogens with zero attached hydrogens (tertiary/aromatic N) is 3. The van der Waals surface area contributed by atoms with Crippen molar-refractivity contribution >= 4 is 33.5 Å². The molecule has 0 bridgehead atoms. The monoisotopic (exact) mass is 379 g/mol. The van der Waals surface area contributed by atoms with Crippen LogP contribution < -0.4 is 10.2 Å². The van der Waals surface area contributed by atoms with Crippen LogP contribution in [0.5, 0.6) is 0 Å². The molecule has 3 heterocycles. The van der Waals surface area contributed by atoms with Crippen LogP contribution in [-0.2, 0) is 4.79 Å². The highest BCUT2D eigenvalue weighted by atomic mass is 79.9. The normalized spacial score (nSPS) is 28.7. The Hall–Kier alpha value is -1.63. The van der Waals surface area contributed by atoms with Crippen molar-refractivity contribution in [3.63, 3.8) is 0 Å². The van der Waals surface area contributed by atoms with Gasteiger partial charge in [0, 0.05) is 30.8 Å². The first-order valence-corrected chi connectivity index (χ1v) is 8.67. The van der Waals surface area contributed by atoms with Gasteiger partial charge in [-0.25, -0.2) is 0 Å². The lowest BCUT2D eigenvalue weighted by molar-refractivity contribution is -0.130. The Morgan fingerprint density at radius 3 is 2.96 bits per heavy atom. The van der Waals surface area contributed by atoms with Crippen molar-refractivity contribution in [2.75, 3.05) is 25.0 Å². The van der Waals surface area contributed by atoms with Gasteiger partial charge in [0.2, 0.25) is 5.91 Å². The maximum Gasteiger partial charge on any atom is 0.231 e. The Bertz CT molecular complexity index is 617. The summed E-state index contributed by atoms with van der Waals surface area (Å²) in [5, 5.41) is 11.3. The van der Waals surface area contributed by atoms with Gasteiger partial charge in [0.25, 0.3) is 0 Å². The Labute approximate surface area is 144 Å². The van der Waals surface area contributed by atoms with Crippen LogP contribution >= 0.6 is 15.9 Å². The number of piperidine rings is 1. The molecule has 124 valence electrons. The largest absolute Gasteiger partial charge is 0.370 e. The lowest BCUT2D eigenvalue weighted by atomic mass is 9.76. The molecule has 7 heteroatoms. The zero-order valence-corrected chi connectivity index (χ0v) is 15.1. The van der Waals surface area contributed by atoms with E-state index in [1.807, 2.05) is 6.20 Å². The molecule has 2 N–H and O–H groups in total. The molecule has 1 aromatic heterocycles. The van der Waals surface area contributed by atoms with E-state index in [-0.39, 0.29) is 17.4 Å². The van der Waals surface area contributed by atoms with Gasteiger partial charge < -0.3 is 10.2 Å². The Kier molecular flexibility index (Phi) is 4.31. The topological polar surface area (TPSA) is 72.3 Å². The highest BCUT2D eigenvalue weighted by Gasteiger charge is 2.43. The van der Waals surface area contributed by atoms with E-state index >= 15 is 0 Å². The molecule has 1 amide bonds. The molecule has 0 spiro atoms. The minimum Gasteiger partial charge on any atom is -0.370 e. The average Bonchev–Trinajstić information content (AvgIpc) is 2.53. The van der Waals surface area contributed by atoms with Gasteiger partial charge in [0.15, 0.2) is 5.96 Å². The van der Waals surface area contributed by atoms with E-state index in [0.717, 1.165) is 36.1 Å². The summed E-state index contributed by atoms with van der Waals surface area (Å²) in [6.07, 6.45) is 6.23. The third kappa shape index (κ3) is 3.20. The van der Waals surface area contributed by atoms with Crippen LogP contribution in [-0.4, -0.2) is 47.4 Å². The maximum absolute atomic E-state index is 12.2. The molecule has 1 unspecified atom stereocenters. The zero-order chi connectivity index (χ0) is 16.6. The standard InChI is InChI=1S/C16H22BrN5O/c1-16(7-14(23)21(2)15(18)20-16)11-4-3-5-22(10-11)13-6-12(17)8-19-9-13/h6,8-9,11H,3-5,7,10H2,1-2H3,(H2,18,20)/t11?,16-/m0/s1. The second-order valence-corrected chi connectivity index (χ2v) is 7.58. The number of rotatable bonds is 2. The maximum atomic E-state index is 12.2. The van der Waals surface area contributed by atoms with Crippen LogP contribution in [0.25, 0.3) is 0 Å². The number of halogens is 1. The molecule has 0 aliphatic carbocycles. The van der Waals surface area contributed by atoms with Crippen LogP contribution in [0.4, 0.5) is 5.69 Å². The molecule has 1 aromatic rings. The van der Waals surface area contributed by atoms with Crippen LogP contribution in [0, 0.1) is 11.3 Å². The first kappa shape index (κ1) is 16.2. The first-order valence-electron chi connectivity index (χ1n) is 7.88. The molecule has 2 fully saturated rings. The van der Waals surface area contributed by atoms with E-state index in [9.17, 15) is 4.79 Å². The third-order valence-electron chi connectivity index (χ3n) is 5.01. The molecular weight excluding hydrogens is 358 g/mol. The summed E-state index contributed by atoms with van der Waals surface area (Å²) in [5.41, 5.74) is 0.737. The SMILES string of the molecule is CN1C(=N)N[C@](C)(C2CCCN(c3cncc(Br)c3)C2)CC1=O. The summed E-state index contributed by atoms with van der Waals surface area (Å²) in [5.74, 6) is 0.524. The third-order valence-corrected chi connectivity index (χ3v) is 5.44. The number of anilines is 1. The van der Waals surface area contributed by atoms with E-state index < -0.39 is 0 Å². The van der Waals surface area contributed by atoms with Crippen molar-refractivity contribution in [1.82, 2.24) is 15.2 Å². The fraction of sp³-hybridized carbons (Fsp3) is 0.562. The number of hydrogen-bond acceptors (Lipinski definition) is 4. The summed E-state index contributed by atoms with van der Waals surface area (Å²) < 4.78 is 0.970. The van der Waals surface area contributed by atoms with E-state index in [1.54, 1.807) is 13.2 Å². The molecule has 2 aliphatic rings. The smallest absolute Gasteiger partial charge is 0.231 e. The Balaban J connectivity index is 1.78. The molecule has 3 rings (SSSR count). The second kappa shape index (κ2) is 6.11. The molecule has 6 nitrogen and oxygen atoms in total. The summed E-state index contributed by atoms with van der Waals surface area (Å²) in [6, 6.07) is 2.08. The second-order valence-electron chi connectivity index (χ2n) is 6.67. The van der Waals surface area contributed by atoms with E-state index in [1.165, 1.54) is 4.90 Å². The number of hydrogen-bond donors (Lipinski definition) is 2. The van der Waals surface area contributed by atoms with Gasteiger partial charge in [0.05, 0.1) is 23.8 Å². The van der Waals surface area contributed by atoms with Gasteiger partial charge in [-0.1, -0.05) is 0 Å². The number of carbonyl (C=O) groups excluding carboxylic acids is 1. The number of aromatic nitrogens is 1. The van der Waals surface area contributed by atoms with Crippen molar-refractivity contribution in [3.8, 4) is 0 Å². The fourth-order valence-electron chi connectivity index (χ4n) is 3.51. The highest BCUT2D eigenvalue weighted by Crippen LogP contribution is 2.34. The Morgan fingerprint density at radius 2 is 2.26 bits per heavy atom. The predicted octanol–water partition coefficient (Wildman–Crippen LogP) is 2.21. The predicted molar refractivity (Wildman–Crippen MR) is 93.5 cm³/mol. The van der Waals surface area contributed by atoms with Crippen molar-refractivity contribution in [2.45, 2.75) is 31.7 Å². The van der Waals surface area contributed by atoms with Gasteiger partial charge in [-0.2, -0.15) is 0 Å². The van der Waals surface area contributed by atoms with Gasteiger partial charge in [-0.3, -0.25) is 20.1 Å². The molecule has 2 saturated heterocycles. The molecule has 23 heavy (non-hydrogen) atoms. The lowest BCUT2D eigenvalue weighted by Gasteiger charge is -2.48. The van der Waals surface area contributed by atoms with Crippen molar-refractivity contribution in [2.24, 2.45) is 5.92 Å².